The Morgan fingerprint density at radius 1 is 1.67 bits per heavy atom. The SMILES string of the molecule is C=CCCC(NC=O)C(=O)NC. The summed E-state index contributed by atoms with van der Waals surface area (Å²) in [5.41, 5.74) is 0. The lowest BCUT2D eigenvalue weighted by molar-refractivity contribution is -0.125. The minimum atomic E-state index is -0.439. The van der Waals surface area contributed by atoms with Gasteiger partial charge >= 0.3 is 0 Å². The third-order valence-corrected chi connectivity index (χ3v) is 1.49. The van der Waals surface area contributed by atoms with Crippen molar-refractivity contribution < 1.29 is 9.59 Å². The fourth-order valence-corrected chi connectivity index (χ4v) is 0.831. The molecule has 2 N–H and O–H groups in total. The maximum atomic E-state index is 11.0. The van der Waals surface area contributed by atoms with Crippen molar-refractivity contribution in [3.8, 4) is 0 Å². The van der Waals surface area contributed by atoms with Crippen LogP contribution in [-0.2, 0) is 9.59 Å². The second-order valence-electron chi connectivity index (χ2n) is 2.32. The summed E-state index contributed by atoms with van der Waals surface area (Å²) in [4.78, 5) is 21.1. The number of likely N-dealkylation sites (N-methyl/N-ethyl adjacent to an activating group) is 1. The van der Waals surface area contributed by atoms with E-state index in [1.165, 1.54) is 7.05 Å². The third-order valence-electron chi connectivity index (χ3n) is 1.49. The Bertz CT molecular complexity index is 168. The summed E-state index contributed by atoms with van der Waals surface area (Å²) in [7, 11) is 1.54. The van der Waals surface area contributed by atoms with Gasteiger partial charge in [0.25, 0.3) is 0 Å². The number of carbonyl (C=O) groups excluding carboxylic acids is 2. The normalized spacial score (nSPS) is 11.4. The molecule has 2 amide bonds. The van der Waals surface area contributed by atoms with Crippen LogP contribution in [0.1, 0.15) is 12.8 Å². The Morgan fingerprint density at radius 3 is 2.75 bits per heavy atom. The van der Waals surface area contributed by atoms with Crippen molar-refractivity contribution in [1.82, 2.24) is 10.6 Å². The van der Waals surface area contributed by atoms with Crippen LogP contribution in [0.25, 0.3) is 0 Å². The van der Waals surface area contributed by atoms with Crippen molar-refractivity contribution >= 4 is 12.3 Å². The maximum absolute atomic E-state index is 11.0. The monoisotopic (exact) mass is 170 g/mol. The largest absolute Gasteiger partial charge is 0.357 e. The van der Waals surface area contributed by atoms with Gasteiger partial charge in [-0.05, 0) is 12.8 Å². The van der Waals surface area contributed by atoms with Gasteiger partial charge in [-0.15, -0.1) is 6.58 Å². The van der Waals surface area contributed by atoms with Gasteiger partial charge in [0, 0.05) is 7.05 Å². The second kappa shape index (κ2) is 6.39. The van der Waals surface area contributed by atoms with E-state index in [-0.39, 0.29) is 5.91 Å². The minimum absolute atomic E-state index is 0.177. The lowest BCUT2D eigenvalue weighted by Crippen LogP contribution is -2.42. The van der Waals surface area contributed by atoms with Crippen molar-refractivity contribution in [1.29, 1.82) is 0 Å². The van der Waals surface area contributed by atoms with Crippen LogP contribution in [0, 0.1) is 0 Å². The molecule has 0 bridgehead atoms. The van der Waals surface area contributed by atoms with Crippen molar-refractivity contribution in [3.63, 3.8) is 0 Å². The second-order valence-corrected chi connectivity index (χ2v) is 2.32. The van der Waals surface area contributed by atoms with E-state index in [9.17, 15) is 9.59 Å². The zero-order chi connectivity index (χ0) is 9.40. The highest BCUT2D eigenvalue weighted by Crippen LogP contribution is 1.96. The summed E-state index contributed by atoms with van der Waals surface area (Å²) >= 11 is 0. The Labute approximate surface area is 72.0 Å². The highest BCUT2D eigenvalue weighted by atomic mass is 16.2. The van der Waals surface area contributed by atoms with Crippen LogP contribution >= 0.6 is 0 Å². The summed E-state index contributed by atoms with van der Waals surface area (Å²) in [6.45, 7) is 3.53. The molecule has 12 heavy (non-hydrogen) atoms. The number of amides is 2. The molecule has 0 saturated carbocycles. The first-order chi connectivity index (χ1) is 5.76. The van der Waals surface area contributed by atoms with E-state index in [1.807, 2.05) is 0 Å². The number of rotatable bonds is 6. The molecule has 0 heterocycles. The van der Waals surface area contributed by atoms with Crippen molar-refractivity contribution in [3.05, 3.63) is 12.7 Å². The van der Waals surface area contributed by atoms with Crippen molar-refractivity contribution in [2.24, 2.45) is 0 Å². The van der Waals surface area contributed by atoms with Gasteiger partial charge in [0.1, 0.15) is 6.04 Å². The van der Waals surface area contributed by atoms with E-state index in [0.717, 1.165) is 0 Å². The summed E-state index contributed by atoms with van der Waals surface area (Å²) in [5, 5.41) is 4.89. The zero-order valence-corrected chi connectivity index (χ0v) is 7.17. The Morgan fingerprint density at radius 2 is 2.33 bits per heavy atom. The lowest BCUT2D eigenvalue weighted by atomic mass is 10.1. The van der Waals surface area contributed by atoms with E-state index >= 15 is 0 Å². The van der Waals surface area contributed by atoms with Crippen LogP contribution in [0.3, 0.4) is 0 Å². The molecule has 0 aromatic rings. The molecule has 4 nitrogen and oxygen atoms in total. The minimum Gasteiger partial charge on any atom is -0.357 e. The molecule has 0 radical (unpaired) electrons. The number of hydrogen-bond acceptors (Lipinski definition) is 2. The molecule has 1 atom stereocenters. The highest BCUT2D eigenvalue weighted by molar-refractivity contribution is 5.83. The first-order valence-corrected chi connectivity index (χ1v) is 3.78. The Kier molecular flexibility index (Phi) is 5.69. The molecule has 0 aliphatic rings. The molecule has 0 rings (SSSR count). The molecule has 0 fully saturated rings. The predicted octanol–water partition coefficient (Wildman–Crippen LogP) is -0.187. The standard InChI is InChI=1S/C8H14N2O2/c1-3-4-5-7(10-6-11)8(12)9-2/h3,6-7H,1,4-5H2,2H3,(H,9,12)(H,10,11). The van der Waals surface area contributed by atoms with Crippen LogP contribution in [-0.4, -0.2) is 25.4 Å². The van der Waals surface area contributed by atoms with E-state index in [2.05, 4.69) is 17.2 Å². The number of allylic oxidation sites excluding steroid dienone is 1. The van der Waals surface area contributed by atoms with E-state index < -0.39 is 6.04 Å². The molecule has 4 heteroatoms. The van der Waals surface area contributed by atoms with Gasteiger partial charge < -0.3 is 10.6 Å². The van der Waals surface area contributed by atoms with Gasteiger partial charge in [0.2, 0.25) is 12.3 Å². The van der Waals surface area contributed by atoms with Gasteiger partial charge in [-0.3, -0.25) is 9.59 Å². The molecule has 0 aliphatic heterocycles. The topological polar surface area (TPSA) is 58.2 Å². The van der Waals surface area contributed by atoms with Gasteiger partial charge in [-0.1, -0.05) is 6.08 Å². The van der Waals surface area contributed by atoms with Gasteiger partial charge in [0.15, 0.2) is 0 Å². The van der Waals surface area contributed by atoms with Crippen LogP contribution in [0.5, 0.6) is 0 Å². The van der Waals surface area contributed by atoms with Crippen LogP contribution in [0.15, 0.2) is 12.7 Å². The van der Waals surface area contributed by atoms with Crippen LogP contribution in [0.4, 0.5) is 0 Å². The number of nitrogens with one attached hydrogen (secondary N) is 2. The first kappa shape index (κ1) is 10.7. The molecule has 0 spiro atoms. The van der Waals surface area contributed by atoms with Crippen molar-refractivity contribution in [2.75, 3.05) is 7.05 Å². The molecular weight excluding hydrogens is 156 g/mol. The molecular formula is C8H14N2O2. The number of carbonyl (C=O) groups is 2. The van der Waals surface area contributed by atoms with E-state index in [1.54, 1.807) is 6.08 Å². The molecule has 0 aromatic carbocycles. The van der Waals surface area contributed by atoms with Gasteiger partial charge in [-0.25, -0.2) is 0 Å². The molecule has 68 valence electrons. The summed E-state index contributed by atoms with van der Waals surface area (Å²) in [6, 6.07) is -0.439. The Hall–Kier alpha value is -1.32. The quantitative estimate of drug-likeness (QED) is 0.429. The van der Waals surface area contributed by atoms with Gasteiger partial charge in [0.05, 0.1) is 0 Å². The maximum Gasteiger partial charge on any atom is 0.242 e. The molecule has 0 aromatic heterocycles. The predicted molar refractivity (Wildman–Crippen MR) is 46.5 cm³/mol. The first-order valence-electron chi connectivity index (χ1n) is 3.78. The van der Waals surface area contributed by atoms with Crippen LogP contribution in [0.2, 0.25) is 0 Å². The summed E-state index contributed by atoms with van der Waals surface area (Å²) < 4.78 is 0. The molecule has 1 unspecified atom stereocenters. The fourth-order valence-electron chi connectivity index (χ4n) is 0.831. The van der Waals surface area contributed by atoms with E-state index in [0.29, 0.717) is 19.3 Å². The van der Waals surface area contributed by atoms with Gasteiger partial charge in [-0.2, -0.15) is 0 Å². The highest BCUT2D eigenvalue weighted by Gasteiger charge is 2.13. The van der Waals surface area contributed by atoms with Crippen molar-refractivity contribution in [2.45, 2.75) is 18.9 Å². The Balaban J connectivity index is 3.92. The summed E-state index contributed by atoms with van der Waals surface area (Å²) in [5.74, 6) is -0.177. The average molecular weight is 170 g/mol. The lowest BCUT2D eigenvalue weighted by Gasteiger charge is -2.12. The van der Waals surface area contributed by atoms with Crippen LogP contribution < -0.4 is 10.6 Å². The molecule has 0 saturated heterocycles. The van der Waals surface area contributed by atoms with E-state index in [4.69, 9.17) is 0 Å². The summed E-state index contributed by atoms with van der Waals surface area (Å²) in [6.07, 6.45) is 3.53. The third kappa shape index (κ3) is 3.75. The molecule has 0 aliphatic carbocycles. The zero-order valence-electron chi connectivity index (χ0n) is 7.17. The smallest absolute Gasteiger partial charge is 0.242 e. The fraction of sp³-hybridized carbons (Fsp3) is 0.500. The average Bonchev–Trinajstić information content (AvgIpc) is 2.11. The number of hydrogen-bond donors (Lipinski definition) is 2.